The quantitative estimate of drug-likeness (QED) is 0.0710. The molecule has 83 heavy (non-hydrogen) atoms. The Balaban J connectivity index is 0.943. The second-order valence-electron chi connectivity index (χ2n) is 20.9. The number of aliphatic hydroxyl groups is 2. The number of hydrogen-bond acceptors (Lipinski definition) is 11. The highest BCUT2D eigenvalue weighted by molar-refractivity contribution is 6.36. The van der Waals surface area contributed by atoms with Gasteiger partial charge in [0.15, 0.2) is 5.60 Å². The molecule has 0 radical (unpaired) electrons. The number of benzene rings is 4. The number of nitrogens with one attached hydrogen (secondary N) is 1. The van der Waals surface area contributed by atoms with Crippen LogP contribution in [0.5, 0.6) is 5.88 Å². The molecule has 10 rings (SSSR count). The van der Waals surface area contributed by atoms with Gasteiger partial charge in [0.2, 0.25) is 5.88 Å². The van der Waals surface area contributed by atoms with Crippen molar-refractivity contribution in [1.29, 1.82) is 0 Å². The van der Waals surface area contributed by atoms with E-state index >= 15 is 0 Å². The molecule has 19 heteroatoms. The van der Waals surface area contributed by atoms with Crippen LogP contribution in [0.15, 0.2) is 140 Å². The fraction of sp³-hybridized carbons (Fsp3) is 0.266. The number of alkyl halides is 3. The highest BCUT2D eigenvalue weighted by atomic mass is 35.5. The van der Waals surface area contributed by atoms with E-state index in [-0.39, 0.29) is 35.2 Å². The van der Waals surface area contributed by atoms with E-state index in [1.165, 1.54) is 12.1 Å². The molecule has 0 spiro atoms. The van der Waals surface area contributed by atoms with Crippen LogP contribution < -0.4 is 25.5 Å². The number of fused-ring (bicyclic) bond motifs is 1. The average Bonchev–Trinajstić information content (AvgIpc) is 2.86. The van der Waals surface area contributed by atoms with E-state index in [9.17, 15) is 23.4 Å². The highest BCUT2D eigenvalue weighted by Crippen LogP contribution is 2.43. The maximum Gasteiger partial charge on any atom is 0.416 e. The maximum absolute atomic E-state index is 13.7. The number of hydrogen-bond donors (Lipinski definition) is 3. The van der Waals surface area contributed by atoms with Gasteiger partial charge >= 0.3 is 6.18 Å². The van der Waals surface area contributed by atoms with Gasteiger partial charge in [-0.25, -0.2) is 19.6 Å². The molecule has 428 valence electrons. The van der Waals surface area contributed by atoms with Gasteiger partial charge in [-0.15, -0.1) is 0 Å². The highest BCUT2D eigenvalue weighted by Gasteiger charge is 2.45. The zero-order valence-electron chi connectivity index (χ0n) is 46.6. The number of methoxy groups -OCH3 is 1. The van der Waals surface area contributed by atoms with Gasteiger partial charge in [-0.05, 0) is 115 Å². The second kappa shape index (κ2) is 24.1. The number of imidazole rings is 1. The standard InChI is InChI=1S/C64H61Cl3F3N9O4/c1-8-43(62(80,47-33-71-34-47)55-23-9-38(2)73-40(55)4)31-51-39(3)74-61(54(58(51)66)30-41-10-14-45(15-11-41)64(68,69)70)83-36-49-25-26-79(76-49)50-21-12-42(13-22-50)29-53-59(67)52-32-46(18-24-56(52)75-60(53)77(5)27-28-82-7)63(81,57-35-72-37-78(57)6)44-16-19-48(65)20-17-44/h8-26,31-32,35,37,47,71,80-81H,3,27-30,33-34,36H2,1-2,4-7H3/b43-8+,51-31+. The Morgan fingerprint density at radius 1 is 0.843 bits per heavy atom. The van der Waals surface area contributed by atoms with Crippen LogP contribution in [0.3, 0.4) is 0 Å². The molecule has 9 aromatic rings. The molecule has 5 aromatic heterocycles. The Bertz CT molecular complexity index is 4000. The third-order valence-electron chi connectivity index (χ3n) is 15.5. The lowest BCUT2D eigenvalue weighted by Crippen LogP contribution is -2.55. The molecule has 0 bridgehead atoms. The van der Waals surface area contributed by atoms with Gasteiger partial charge in [0, 0.05) is 110 Å². The minimum absolute atomic E-state index is 0.0428. The van der Waals surface area contributed by atoms with Crippen LogP contribution in [0.4, 0.5) is 19.0 Å². The van der Waals surface area contributed by atoms with Crippen molar-refractivity contribution in [3.63, 3.8) is 0 Å². The Morgan fingerprint density at radius 3 is 2.14 bits per heavy atom. The molecule has 1 fully saturated rings. The lowest BCUT2D eigenvalue weighted by Gasteiger charge is -2.44. The zero-order valence-corrected chi connectivity index (χ0v) is 48.8. The summed E-state index contributed by atoms with van der Waals surface area (Å²) in [6.07, 6.45) is 4.67. The summed E-state index contributed by atoms with van der Waals surface area (Å²) in [4.78, 5) is 21.0. The van der Waals surface area contributed by atoms with Gasteiger partial charge in [-0.2, -0.15) is 18.3 Å². The third-order valence-corrected chi connectivity index (χ3v) is 16.6. The van der Waals surface area contributed by atoms with Crippen LogP contribution in [0.25, 0.3) is 29.2 Å². The maximum atomic E-state index is 13.7. The predicted molar refractivity (Wildman–Crippen MR) is 320 cm³/mol. The van der Waals surface area contributed by atoms with Crippen molar-refractivity contribution in [2.45, 2.75) is 57.6 Å². The van der Waals surface area contributed by atoms with Gasteiger partial charge in [-0.3, -0.25) is 4.98 Å². The first-order chi connectivity index (χ1) is 39.7. The molecule has 1 aliphatic rings. The van der Waals surface area contributed by atoms with E-state index < -0.39 is 22.9 Å². The molecule has 1 aliphatic heterocycles. The Kier molecular flexibility index (Phi) is 17.0. The monoisotopic (exact) mass is 1180 g/mol. The topological polar surface area (TPSA) is 149 Å². The van der Waals surface area contributed by atoms with Gasteiger partial charge in [0.25, 0.3) is 0 Å². The number of anilines is 1. The summed E-state index contributed by atoms with van der Waals surface area (Å²) in [5, 5.41) is 36.2. The summed E-state index contributed by atoms with van der Waals surface area (Å²) in [6.45, 7) is 12.0. The molecule has 0 aliphatic carbocycles. The number of ether oxygens (including phenoxy) is 2. The summed E-state index contributed by atoms with van der Waals surface area (Å²) in [5.41, 5.74) is 5.21. The molecule has 0 saturated carbocycles. The van der Waals surface area contributed by atoms with Crippen LogP contribution in [0.2, 0.25) is 15.1 Å². The summed E-state index contributed by atoms with van der Waals surface area (Å²) < 4.78 is 56.4. The van der Waals surface area contributed by atoms with Crippen LogP contribution in [-0.4, -0.2) is 84.9 Å². The summed E-state index contributed by atoms with van der Waals surface area (Å²) in [7, 11) is 5.43. The first-order valence-electron chi connectivity index (χ1n) is 26.9. The third kappa shape index (κ3) is 11.8. The van der Waals surface area contributed by atoms with Crippen molar-refractivity contribution >= 4 is 64.2 Å². The SMILES string of the molecule is C=c1nc(OCc2ccn(-c3ccc(Cc4c(N(C)CCOC)nc5ccc(C(O)(c6ccc(Cl)cc6)c6cncn6C)cc5c4Cl)cc3)n2)c(Cc2ccc(C(F)(F)F)cc2)c(Cl)/c1=C/C(=C\C)C(O)(c1ccc(C)nc1C)C1CNC1. The van der Waals surface area contributed by atoms with Crippen molar-refractivity contribution < 1.29 is 32.9 Å². The smallest absolute Gasteiger partial charge is 0.416 e. The minimum Gasteiger partial charge on any atom is -0.471 e. The molecule has 6 heterocycles. The van der Waals surface area contributed by atoms with Crippen LogP contribution in [0, 0.1) is 19.8 Å². The van der Waals surface area contributed by atoms with Gasteiger partial charge < -0.3 is 34.5 Å². The van der Waals surface area contributed by atoms with E-state index in [1.807, 2.05) is 113 Å². The molecule has 3 N–H and O–H groups in total. The minimum atomic E-state index is -4.52. The first-order valence-corrected chi connectivity index (χ1v) is 28.0. The fourth-order valence-corrected chi connectivity index (χ4v) is 11.5. The number of aromatic nitrogens is 7. The van der Waals surface area contributed by atoms with Crippen molar-refractivity contribution in [2.24, 2.45) is 13.0 Å². The lowest BCUT2D eigenvalue weighted by molar-refractivity contribution is -0.137. The van der Waals surface area contributed by atoms with Crippen LogP contribution in [-0.2, 0) is 48.6 Å². The van der Waals surface area contributed by atoms with E-state index in [0.717, 1.165) is 34.6 Å². The molecule has 2 atom stereocenters. The van der Waals surface area contributed by atoms with Crippen molar-refractivity contribution in [1.82, 2.24) is 39.6 Å². The Hall–Kier alpha value is -7.41. The number of nitrogens with zero attached hydrogens (tertiary/aromatic N) is 8. The van der Waals surface area contributed by atoms with E-state index in [0.29, 0.717) is 115 Å². The van der Waals surface area contributed by atoms with Crippen LogP contribution in [0.1, 0.15) is 74.2 Å². The van der Waals surface area contributed by atoms with Gasteiger partial charge in [0.1, 0.15) is 23.7 Å². The average molecular weight is 1180 g/mol. The van der Waals surface area contributed by atoms with Gasteiger partial charge in [0.05, 0.1) is 57.0 Å². The van der Waals surface area contributed by atoms with Crippen molar-refractivity contribution in [2.75, 3.05) is 45.3 Å². The first kappa shape index (κ1) is 58.8. The molecule has 13 nitrogen and oxygen atoms in total. The van der Waals surface area contributed by atoms with Crippen molar-refractivity contribution in [3.05, 3.63) is 232 Å². The second-order valence-corrected chi connectivity index (χ2v) is 22.1. The number of likely N-dealkylation sites (N-methyl/N-ethyl adjacent to an activating group) is 1. The number of aryl methyl sites for hydroxylation is 3. The normalized spacial score (nSPS) is 14.9. The number of allylic oxidation sites excluding steroid dienone is 1. The molecule has 1 saturated heterocycles. The summed E-state index contributed by atoms with van der Waals surface area (Å²) >= 11 is 21.2. The van der Waals surface area contributed by atoms with Gasteiger partial charge in [-0.1, -0.05) is 96.0 Å². The Morgan fingerprint density at radius 2 is 1.52 bits per heavy atom. The van der Waals surface area contributed by atoms with E-state index in [4.69, 9.17) is 59.3 Å². The van der Waals surface area contributed by atoms with Crippen molar-refractivity contribution in [3.8, 4) is 11.6 Å². The molecule has 0 amide bonds. The van der Waals surface area contributed by atoms with E-state index in [1.54, 1.807) is 59.2 Å². The number of halogens is 6. The molecule has 2 unspecified atom stereocenters. The summed E-state index contributed by atoms with van der Waals surface area (Å²) in [6, 6.07) is 31.0. The summed E-state index contributed by atoms with van der Waals surface area (Å²) in [5.74, 6) is 0.629. The molecular formula is C64H61Cl3F3N9O4. The van der Waals surface area contributed by atoms with E-state index in [2.05, 4.69) is 21.9 Å². The number of pyridine rings is 3. The van der Waals surface area contributed by atoms with Crippen LogP contribution >= 0.6 is 34.8 Å². The largest absolute Gasteiger partial charge is 0.471 e. The zero-order chi connectivity index (χ0) is 59.0. The Labute approximate surface area is 494 Å². The fourth-order valence-electron chi connectivity index (χ4n) is 10.8. The number of rotatable bonds is 19. The predicted octanol–water partition coefficient (Wildman–Crippen LogP) is 10.9. The lowest BCUT2D eigenvalue weighted by atomic mass is 9.72. The molecular weight excluding hydrogens is 1120 g/mol. The molecule has 4 aromatic carbocycles.